The fourth-order valence-electron chi connectivity index (χ4n) is 2.29. The first kappa shape index (κ1) is 11.0. The summed E-state index contributed by atoms with van der Waals surface area (Å²) in [6.45, 7) is 8.22. The molecular formula is C11H23NO. The van der Waals surface area contributed by atoms with E-state index in [0.29, 0.717) is 18.7 Å². The van der Waals surface area contributed by atoms with Crippen molar-refractivity contribution in [2.45, 2.75) is 52.1 Å². The van der Waals surface area contributed by atoms with Crippen LogP contribution >= 0.6 is 0 Å². The van der Waals surface area contributed by atoms with Crippen LogP contribution in [0.15, 0.2) is 0 Å². The predicted molar refractivity (Wildman–Crippen MR) is 55.7 cm³/mol. The van der Waals surface area contributed by atoms with Crippen molar-refractivity contribution >= 4 is 0 Å². The molecule has 0 aromatic rings. The molecular weight excluding hydrogens is 162 g/mol. The molecule has 1 fully saturated rings. The summed E-state index contributed by atoms with van der Waals surface area (Å²) < 4.78 is 0. The highest BCUT2D eigenvalue weighted by molar-refractivity contribution is 4.82. The van der Waals surface area contributed by atoms with Crippen LogP contribution in [0.5, 0.6) is 0 Å². The van der Waals surface area contributed by atoms with Crippen molar-refractivity contribution in [1.82, 2.24) is 4.90 Å². The Morgan fingerprint density at radius 3 is 2.54 bits per heavy atom. The maximum Gasteiger partial charge on any atom is 0.0586 e. The minimum absolute atomic E-state index is 0.328. The zero-order chi connectivity index (χ0) is 9.84. The first-order valence-corrected chi connectivity index (χ1v) is 5.55. The largest absolute Gasteiger partial charge is 0.395 e. The van der Waals surface area contributed by atoms with Gasteiger partial charge in [-0.1, -0.05) is 13.3 Å². The molecule has 78 valence electrons. The van der Waals surface area contributed by atoms with E-state index in [0.717, 1.165) is 5.92 Å². The van der Waals surface area contributed by atoms with Crippen LogP contribution in [0.25, 0.3) is 0 Å². The van der Waals surface area contributed by atoms with Crippen LogP contribution in [0.3, 0.4) is 0 Å². The van der Waals surface area contributed by atoms with Crippen LogP contribution in [0.2, 0.25) is 0 Å². The van der Waals surface area contributed by atoms with E-state index in [1.807, 2.05) is 0 Å². The van der Waals surface area contributed by atoms with Crippen LogP contribution in [0.4, 0.5) is 0 Å². The van der Waals surface area contributed by atoms with E-state index in [9.17, 15) is 5.11 Å². The van der Waals surface area contributed by atoms with Gasteiger partial charge in [0.1, 0.15) is 0 Å². The Balaban J connectivity index is 2.52. The summed E-state index contributed by atoms with van der Waals surface area (Å²) in [6.07, 6.45) is 3.75. The summed E-state index contributed by atoms with van der Waals surface area (Å²) in [6, 6.07) is 0.995. The number of likely N-dealkylation sites (tertiary alicyclic amines) is 1. The lowest BCUT2D eigenvalue weighted by molar-refractivity contribution is 0.0390. The molecule has 1 heterocycles. The van der Waals surface area contributed by atoms with Crippen molar-refractivity contribution in [3.8, 4) is 0 Å². The fraction of sp³-hybridized carbons (Fsp3) is 1.00. The number of nitrogens with zero attached hydrogens (tertiary/aromatic N) is 1. The topological polar surface area (TPSA) is 23.5 Å². The molecule has 0 aromatic heterocycles. The standard InChI is InChI=1S/C11H23NO/c1-4-10-5-6-11(8-13)12(7-10)9(2)3/h9-11,13H,4-8H2,1-3H3. The van der Waals surface area contributed by atoms with E-state index in [1.54, 1.807) is 0 Å². The Morgan fingerprint density at radius 2 is 2.08 bits per heavy atom. The van der Waals surface area contributed by atoms with Crippen molar-refractivity contribution in [2.24, 2.45) is 5.92 Å². The summed E-state index contributed by atoms with van der Waals surface area (Å²) >= 11 is 0. The van der Waals surface area contributed by atoms with Crippen LogP contribution in [-0.2, 0) is 0 Å². The highest BCUT2D eigenvalue weighted by atomic mass is 16.3. The first-order chi connectivity index (χ1) is 6.19. The highest BCUT2D eigenvalue weighted by Crippen LogP contribution is 2.25. The second-order valence-corrected chi connectivity index (χ2v) is 4.48. The first-order valence-electron chi connectivity index (χ1n) is 5.55. The van der Waals surface area contributed by atoms with Gasteiger partial charge in [0.15, 0.2) is 0 Å². The average Bonchev–Trinajstić information content (AvgIpc) is 2.16. The molecule has 1 N–H and O–H groups in total. The molecule has 1 rings (SSSR count). The summed E-state index contributed by atoms with van der Waals surface area (Å²) in [5, 5.41) is 9.23. The zero-order valence-corrected chi connectivity index (χ0v) is 9.16. The van der Waals surface area contributed by atoms with Crippen LogP contribution in [0, 0.1) is 5.92 Å². The van der Waals surface area contributed by atoms with E-state index in [1.165, 1.54) is 25.8 Å². The molecule has 1 saturated heterocycles. The minimum Gasteiger partial charge on any atom is -0.395 e. The summed E-state index contributed by atoms with van der Waals surface area (Å²) in [4.78, 5) is 2.46. The Hall–Kier alpha value is -0.0800. The van der Waals surface area contributed by atoms with E-state index in [4.69, 9.17) is 0 Å². The second-order valence-electron chi connectivity index (χ2n) is 4.48. The number of aliphatic hydroxyl groups excluding tert-OH is 1. The lowest BCUT2D eigenvalue weighted by atomic mass is 9.90. The van der Waals surface area contributed by atoms with E-state index >= 15 is 0 Å². The van der Waals surface area contributed by atoms with Crippen molar-refractivity contribution in [2.75, 3.05) is 13.2 Å². The maximum atomic E-state index is 9.23. The molecule has 0 saturated carbocycles. The summed E-state index contributed by atoms with van der Waals surface area (Å²) in [7, 11) is 0. The molecule has 2 atom stereocenters. The Kier molecular flexibility index (Phi) is 4.20. The van der Waals surface area contributed by atoms with Gasteiger partial charge in [0.2, 0.25) is 0 Å². The average molecular weight is 185 g/mol. The second kappa shape index (κ2) is 4.97. The maximum absolute atomic E-state index is 9.23. The lowest BCUT2D eigenvalue weighted by Crippen LogP contribution is -2.48. The number of hydrogen-bond donors (Lipinski definition) is 1. The van der Waals surface area contributed by atoms with Crippen molar-refractivity contribution in [3.63, 3.8) is 0 Å². The van der Waals surface area contributed by atoms with E-state index < -0.39 is 0 Å². The molecule has 13 heavy (non-hydrogen) atoms. The number of rotatable bonds is 3. The van der Waals surface area contributed by atoms with Gasteiger partial charge in [-0.2, -0.15) is 0 Å². The summed E-state index contributed by atoms with van der Waals surface area (Å²) in [5.74, 6) is 0.852. The molecule has 0 radical (unpaired) electrons. The van der Waals surface area contributed by atoms with Gasteiger partial charge in [-0.15, -0.1) is 0 Å². The van der Waals surface area contributed by atoms with Crippen molar-refractivity contribution < 1.29 is 5.11 Å². The number of hydrogen-bond acceptors (Lipinski definition) is 2. The molecule has 2 nitrogen and oxygen atoms in total. The molecule has 0 spiro atoms. The SMILES string of the molecule is CCC1CCC(CO)N(C(C)C)C1. The van der Waals surface area contributed by atoms with Gasteiger partial charge in [-0.25, -0.2) is 0 Å². The number of aliphatic hydroxyl groups is 1. The monoisotopic (exact) mass is 185 g/mol. The molecule has 0 aliphatic carbocycles. The third-order valence-electron chi connectivity index (χ3n) is 3.30. The molecule has 1 aliphatic heterocycles. The third-order valence-corrected chi connectivity index (χ3v) is 3.30. The summed E-state index contributed by atoms with van der Waals surface area (Å²) in [5.41, 5.74) is 0. The van der Waals surface area contributed by atoms with Gasteiger partial charge in [0.25, 0.3) is 0 Å². The van der Waals surface area contributed by atoms with Gasteiger partial charge in [0.05, 0.1) is 6.61 Å². The van der Waals surface area contributed by atoms with Crippen molar-refractivity contribution in [1.29, 1.82) is 0 Å². The molecule has 0 aromatic carbocycles. The van der Waals surface area contributed by atoms with Gasteiger partial charge in [-0.3, -0.25) is 4.90 Å². The molecule has 2 heteroatoms. The Bertz CT molecular complexity index is 147. The fourth-order valence-corrected chi connectivity index (χ4v) is 2.29. The van der Waals surface area contributed by atoms with E-state index in [-0.39, 0.29) is 0 Å². The smallest absolute Gasteiger partial charge is 0.0586 e. The molecule has 0 amide bonds. The van der Waals surface area contributed by atoms with Gasteiger partial charge >= 0.3 is 0 Å². The van der Waals surface area contributed by atoms with Gasteiger partial charge in [-0.05, 0) is 32.6 Å². The highest BCUT2D eigenvalue weighted by Gasteiger charge is 2.28. The Morgan fingerprint density at radius 1 is 1.38 bits per heavy atom. The van der Waals surface area contributed by atoms with Gasteiger partial charge < -0.3 is 5.11 Å². The van der Waals surface area contributed by atoms with Crippen LogP contribution in [-0.4, -0.2) is 35.2 Å². The zero-order valence-electron chi connectivity index (χ0n) is 9.16. The Labute approximate surface area is 81.9 Å². The molecule has 1 aliphatic rings. The predicted octanol–water partition coefficient (Wildman–Crippen LogP) is 1.88. The van der Waals surface area contributed by atoms with E-state index in [2.05, 4.69) is 25.7 Å². The molecule has 0 bridgehead atoms. The van der Waals surface area contributed by atoms with Crippen LogP contribution < -0.4 is 0 Å². The normalized spacial score (nSPS) is 31.2. The van der Waals surface area contributed by atoms with Crippen molar-refractivity contribution in [3.05, 3.63) is 0 Å². The molecule has 2 unspecified atom stereocenters. The van der Waals surface area contributed by atoms with Crippen LogP contribution in [0.1, 0.15) is 40.0 Å². The quantitative estimate of drug-likeness (QED) is 0.725. The third kappa shape index (κ3) is 2.68. The lowest BCUT2D eigenvalue weighted by Gasteiger charge is -2.41. The number of piperidine rings is 1. The minimum atomic E-state index is 0.328. The van der Waals surface area contributed by atoms with Gasteiger partial charge in [0, 0.05) is 18.6 Å².